The van der Waals surface area contributed by atoms with Crippen molar-refractivity contribution in [2.24, 2.45) is 0 Å². The Kier molecular flexibility index (Phi) is 6.08. The SMILES string of the molecule is CC(C)c1cccc(C(C)C)c1NC(=O)c1ccc(Br)c2cccc(C(=O)O)c12. The molecule has 4 nitrogen and oxygen atoms in total. The molecule has 0 spiro atoms. The van der Waals surface area contributed by atoms with Gasteiger partial charge >= 0.3 is 5.97 Å². The fourth-order valence-electron chi connectivity index (χ4n) is 3.61. The van der Waals surface area contributed by atoms with Gasteiger partial charge in [0.1, 0.15) is 0 Å². The Morgan fingerprint density at radius 3 is 2.00 bits per heavy atom. The second-order valence-electron chi connectivity index (χ2n) is 7.70. The number of hydrogen-bond acceptors (Lipinski definition) is 2. The number of carboxylic acid groups (broad SMARTS) is 1. The molecule has 0 atom stereocenters. The number of nitrogens with one attached hydrogen (secondary N) is 1. The summed E-state index contributed by atoms with van der Waals surface area (Å²) in [7, 11) is 0. The van der Waals surface area contributed by atoms with Crippen molar-refractivity contribution in [3.63, 3.8) is 0 Å². The molecule has 3 rings (SSSR count). The van der Waals surface area contributed by atoms with E-state index in [4.69, 9.17) is 0 Å². The van der Waals surface area contributed by atoms with E-state index < -0.39 is 5.97 Å². The number of carbonyl (C=O) groups excluding carboxylic acids is 1. The van der Waals surface area contributed by atoms with Crippen LogP contribution in [0.5, 0.6) is 0 Å². The van der Waals surface area contributed by atoms with Crippen molar-refractivity contribution in [1.82, 2.24) is 0 Å². The van der Waals surface area contributed by atoms with Crippen molar-refractivity contribution in [2.45, 2.75) is 39.5 Å². The van der Waals surface area contributed by atoms with Crippen molar-refractivity contribution in [1.29, 1.82) is 0 Å². The number of fused-ring (bicyclic) bond motifs is 1. The highest BCUT2D eigenvalue weighted by molar-refractivity contribution is 9.10. The smallest absolute Gasteiger partial charge is 0.336 e. The average molecular weight is 454 g/mol. The van der Waals surface area contributed by atoms with Crippen LogP contribution in [0.15, 0.2) is 53.0 Å². The van der Waals surface area contributed by atoms with Gasteiger partial charge in [-0.1, -0.05) is 74.0 Å². The largest absolute Gasteiger partial charge is 0.478 e. The molecule has 0 saturated heterocycles. The van der Waals surface area contributed by atoms with E-state index in [1.807, 2.05) is 24.3 Å². The van der Waals surface area contributed by atoms with Crippen LogP contribution in [-0.4, -0.2) is 17.0 Å². The van der Waals surface area contributed by atoms with Gasteiger partial charge < -0.3 is 10.4 Å². The quantitative estimate of drug-likeness (QED) is 0.446. The third kappa shape index (κ3) is 4.06. The second-order valence-corrected chi connectivity index (χ2v) is 8.56. The van der Waals surface area contributed by atoms with E-state index in [9.17, 15) is 14.7 Å². The highest BCUT2D eigenvalue weighted by atomic mass is 79.9. The molecule has 0 saturated carbocycles. The van der Waals surface area contributed by atoms with Gasteiger partial charge in [0.05, 0.1) is 5.56 Å². The van der Waals surface area contributed by atoms with E-state index in [1.54, 1.807) is 18.2 Å². The predicted octanol–water partition coefficient (Wildman–Crippen LogP) is 6.80. The zero-order chi connectivity index (χ0) is 21.3. The maximum atomic E-state index is 13.3. The molecule has 0 unspecified atom stereocenters. The molecule has 0 heterocycles. The number of carboxylic acids is 1. The first kappa shape index (κ1) is 21.1. The minimum absolute atomic E-state index is 0.107. The van der Waals surface area contributed by atoms with Crippen LogP contribution in [0.25, 0.3) is 10.8 Å². The molecule has 0 fully saturated rings. The van der Waals surface area contributed by atoms with Gasteiger partial charge in [0.15, 0.2) is 0 Å². The maximum absolute atomic E-state index is 13.3. The Labute approximate surface area is 179 Å². The molecule has 2 N–H and O–H groups in total. The first-order chi connectivity index (χ1) is 13.7. The van der Waals surface area contributed by atoms with Crippen LogP contribution in [0, 0.1) is 0 Å². The van der Waals surface area contributed by atoms with Gasteiger partial charge in [-0.15, -0.1) is 0 Å². The Bertz CT molecular complexity index is 1080. The fraction of sp³-hybridized carbons (Fsp3) is 0.250. The third-order valence-corrected chi connectivity index (χ3v) is 5.77. The highest BCUT2D eigenvalue weighted by Crippen LogP contribution is 2.34. The summed E-state index contributed by atoms with van der Waals surface area (Å²) in [5, 5.41) is 13.9. The molecule has 3 aromatic carbocycles. The van der Waals surface area contributed by atoms with Gasteiger partial charge in [-0.25, -0.2) is 4.79 Å². The number of benzene rings is 3. The lowest BCUT2D eigenvalue weighted by Crippen LogP contribution is -2.17. The molecule has 0 aliphatic carbocycles. The molecular weight excluding hydrogens is 430 g/mol. The maximum Gasteiger partial charge on any atom is 0.336 e. The van der Waals surface area contributed by atoms with Crippen LogP contribution < -0.4 is 5.32 Å². The van der Waals surface area contributed by atoms with E-state index in [0.29, 0.717) is 16.3 Å². The number of aromatic carboxylic acids is 1. The average Bonchev–Trinajstić information content (AvgIpc) is 2.67. The summed E-state index contributed by atoms with van der Waals surface area (Å²) in [5.41, 5.74) is 3.38. The molecule has 29 heavy (non-hydrogen) atoms. The van der Waals surface area contributed by atoms with E-state index in [0.717, 1.165) is 21.3 Å². The summed E-state index contributed by atoms with van der Waals surface area (Å²) in [6, 6.07) is 14.5. The highest BCUT2D eigenvalue weighted by Gasteiger charge is 2.21. The summed E-state index contributed by atoms with van der Waals surface area (Å²) >= 11 is 3.47. The minimum atomic E-state index is -1.06. The molecule has 0 radical (unpaired) electrons. The fourth-order valence-corrected chi connectivity index (χ4v) is 4.08. The number of halogens is 1. The van der Waals surface area contributed by atoms with Crippen LogP contribution in [0.4, 0.5) is 5.69 Å². The molecule has 0 aliphatic heterocycles. The van der Waals surface area contributed by atoms with Gasteiger partial charge in [-0.05, 0) is 46.5 Å². The number of carbonyl (C=O) groups is 2. The van der Waals surface area contributed by atoms with Gasteiger partial charge in [0.2, 0.25) is 0 Å². The standard InChI is InChI=1S/C24H24BrNO3/c1-13(2)15-7-5-8-16(14(3)4)22(15)26-23(27)18-11-12-20(25)17-9-6-10-19(21(17)18)24(28)29/h5-14H,1-4H3,(H,26,27)(H,28,29). The molecule has 0 aliphatic rings. The molecular formula is C24H24BrNO3. The Balaban J connectivity index is 2.18. The van der Waals surface area contributed by atoms with Crippen LogP contribution in [0.1, 0.15) is 71.4 Å². The second kappa shape index (κ2) is 8.37. The van der Waals surface area contributed by atoms with Crippen LogP contribution in [0.2, 0.25) is 0 Å². The molecule has 5 heteroatoms. The van der Waals surface area contributed by atoms with Crippen molar-refractivity contribution in [2.75, 3.05) is 5.32 Å². The summed E-state index contributed by atoms with van der Waals surface area (Å²) in [5.74, 6) is -0.903. The first-order valence-corrected chi connectivity index (χ1v) is 10.4. The molecule has 0 aromatic heterocycles. The molecule has 0 bridgehead atoms. The summed E-state index contributed by atoms with van der Waals surface area (Å²) in [6.07, 6.45) is 0. The lowest BCUT2D eigenvalue weighted by atomic mass is 9.92. The van der Waals surface area contributed by atoms with Crippen molar-refractivity contribution >= 4 is 44.3 Å². The predicted molar refractivity (Wildman–Crippen MR) is 121 cm³/mol. The number of anilines is 1. The number of hydrogen-bond donors (Lipinski definition) is 2. The lowest BCUT2D eigenvalue weighted by molar-refractivity contribution is 0.0699. The third-order valence-electron chi connectivity index (χ3n) is 5.07. The number of amides is 1. The molecule has 150 valence electrons. The monoisotopic (exact) mass is 453 g/mol. The van der Waals surface area contributed by atoms with Crippen LogP contribution >= 0.6 is 15.9 Å². The summed E-state index contributed by atoms with van der Waals surface area (Å²) < 4.78 is 0.748. The molecule has 3 aromatic rings. The van der Waals surface area contributed by atoms with Gasteiger partial charge in [0.25, 0.3) is 5.91 Å². The topological polar surface area (TPSA) is 66.4 Å². The zero-order valence-corrected chi connectivity index (χ0v) is 18.5. The van der Waals surface area contributed by atoms with Crippen LogP contribution in [-0.2, 0) is 0 Å². The van der Waals surface area contributed by atoms with E-state index in [-0.39, 0.29) is 23.3 Å². The lowest BCUT2D eigenvalue weighted by Gasteiger charge is -2.21. The Morgan fingerprint density at radius 2 is 1.45 bits per heavy atom. The summed E-state index contributed by atoms with van der Waals surface area (Å²) in [6.45, 7) is 8.36. The van der Waals surface area contributed by atoms with E-state index in [2.05, 4.69) is 48.9 Å². The Morgan fingerprint density at radius 1 is 0.862 bits per heavy atom. The van der Waals surface area contributed by atoms with Gasteiger partial charge in [-0.2, -0.15) is 0 Å². The van der Waals surface area contributed by atoms with Gasteiger partial charge in [-0.3, -0.25) is 4.79 Å². The minimum Gasteiger partial charge on any atom is -0.478 e. The van der Waals surface area contributed by atoms with E-state index >= 15 is 0 Å². The number of rotatable bonds is 5. The normalized spacial score (nSPS) is 11.3. The zero-order valence-electron chi connectivity index (χ0n) is 16.9. The van der Waals surface area contributed by atoms with Gasteiger partial charge in [0, 0.05) is 21.1 Å². The van der Waals surface area contributed by atoms with Crippen molar-refractivity contribution < 1.29 is 14.7 Å². The Hall–Kier alpha value is -2.66. The number of para-hydroxylation sites is 1. The van der Waals surface area contributed by atoms with E-state index in [1.165, 1.54) is 6.07 Å². The summed E-state index contributed by atoms with van der Waals surface area (Å²) in [4.78, 5) is 25.1. The molecule has 1 amide bonds. The van der Waals surface area contributed by atoms with Crippen LogP contribution in [0.3, 0.4) is 0 Å². The first-order valence-electron chi connectivity index (χ1n) is 9.61. The van der Waals surface area contributed by atoms with Crippen molar-refractivity contribution in [3.05, 3.63) is 75.3 Å². The van der Waals surface area contributed by atoms with Crippen molar-refractivity contribution in [3.8, 4) is 0 Å².